The number of carbonyl (C=O) groups excluding carboxylic acids is 2. The molecule has 2 aromatic rings. The normalized spacial score (nSPS) is 10.2. The average molecular weight is 251 g/mol. The van der Waals surface area contributed by atoms with Gasteiger partial charge >= 0.3 is 5.97 Å². The first-order valence-corrected chi connectivity index (χ1v) is 5.53. The molecule has 0 bridgehead atoms. The van der Waals surface area contributed by atoms with Crippen LogP contribution in [0.3, 0.4) is 0 Å². The van der Waals surface area contributed by atoms with Crippen LogP contribution in [0.4, 0.5) is 0 Å². The van der Waals surface area contributed by atoms with Crippen LogP contribution >= 0.6 is 11.3 Å². The molecule has 6 heteroatoms. The number of thiazole rings is 1. The Kier molecular flexibility index (Phi) is 3.06. The summed E-state index contributed by atoms with van der Waals surface area (Å²) in [5.41, 5.74) is 0.949. The van der Waals surface area contributed by atoms with Crippen molar-refractivity contribution in [3.05, 3.63) is 22.7 Å². The van der Waals surface area contributed by atoms with E-state index in [0.717, 1.165) is 0 Å². The fourth-order valence-corrected chi connectivity index (χ4v) is 2.30. The summed E-state index contributed by atoms with van der Waals surface area (Å²) in [6.45, 7) is 0. The van der Waals surface area contributed by atoms with Crippen LogP contribution < -0.4 is 4.74 Å². The minimum absolute atomic E-state index is 0.348. The van der Waals surface area contributed by atoms with E-state index >= 15 is 0 Å². The predicted octanol–water partition coefficient (Wildman–Crippen LogP) is 1.90. The highest BCUT2D eigenvalue weighted by Gasteiger charge is 2.14. The molecule has 0 radical (unpaired) electrons. The number of methoxy groups -OCH3 is 2. The number of ether oxygens (including phenoxy) is 2. The quantitative estimate of drug-likeness (QED) is 0.615. The van der Waals surface area contributed by atoms with Gasteiger partial charge in [-0.05, 0) is 12.1 Å². The van der Waals surface area contributed by atoms with Crippen molar-refractivity contribution in [1.29, 1.82) is 0 Å². The van der Waals surface area contributed by atoms with E-state index in [4.69, 9.17) is 4.74 Å². The summed E-state index contributed by atoms with van der Waals surface area (Å²) >= 11 is 1.20. The molecule has 1 aromatic heterocycles. The molecule has 0 saturated heterocycles. The Bertz CT molecular complexity index is 590. The van der Waals surface area contributed by atoms with Crippen LogP contribution in [0, 0.1) is 0 Å². The molecule has 0 aliphatic carbocycles. The van der Waals surface area contributed by atoms with Crippen molar-refractivity contribution in [1.82, 2.24) is 4.98 Å². The highest BCUT2D eigenvalue weighted by Crippen LogP contribution is 2.31. The van der Waals surface area contributed by atoms with Gasteiger partial charge in [0, 0.05) is 0 Å². The number of aldehydes is 1. The summed E-state index contributed by atoms with van der Waals surface area (Å²) < 4.78 is 10.5. The van der Waals surface area contributed by atoms with Gasteiger partial charge in [-0.15, -0.1) is 11.3 Å². The van der Waals surface area contributed by atoms with E-state index in [0.29, 0.717) is 32.8 Å². The number of fused-ring (bicyclic) bond motifs is 1. The van der Waals surface area contributed by atoms with E-state index in [1.807, 2.05) is 0 Å². The van der Waals surface area contributed by atoms with Crippen molar-refractivity contribution in [2.24, 2.45) is 0 Å². The minimum atomic E-state index is -0.453. The lowest BCUT2D eigenvalue weighted by atomic mass is 10.2. The molecule has 5 nitrogen and oxygen atoms in total. The molecule has 17 heavy (non-hydrogen) atoms. The first-order valence-electron chi connectivity index (χ1n) is 4.71. The molecule has 1 aromatic carbocycles. The summed E-state index contributed by atoms with van der Waals surface area (Å²) in [7, 11) is 2.79. The van der Waals surface area contributed by atoms with Gasteiger partial charge < -0.3 is 9.47 Å². The lowest BCUT2D eigenvalue weighted by molar-refractivity contribution is 0.0600. The number of hydrogen-bond donors (Lipinski definition) is 0. The average Bonchev–Trinajstić information content (AvgIpc) is 2.79. The molecular weight excluding hydrogens is 242 g/mol. The number of hydrogen-bond acceptors (Lipinski definition) is 6. The molecule has 1 heterocycles. The second-order valence-corrected chi connectivity index (χ2v) is 4.25. The molecule has 0 amide bonds. The summed E-state index contributed by atoms with van der Waals surface area (Å²) in [4.78, 5) is 26.2. The van der Waals surface area contributed by atoms with Gasteiger partial charge in [0.15, 0.2) is 11.3 Å². The SMILES string of the molecule is COC(=O)c1cc(OC)c2nc(C=O)sc2c1. The number of carbonyl (C=O) groups is 2. The molecule has 0 aliphatic rings. The molecule has 0 fully saturated rings. The molecule has 0 N–H and O–H groups in total. The van der Waals surface area contributed by atoms with E-state index in [-0.39, 0.29) is 0 Å². The van der Waals surface area contributed by atoms with Crippen LogP contribution in [0.15, 0.2) is 12.1 Å². The number of aromatic nitrogens is 1. The molecule has 2 rings (SSSR count). The van der Waals surface area contributed by atoms with Gasteiger partial charge in [0.2, 0.25) is 0 Å². The van der Waals surface area contributed by atoms with Gasteiger partial charge in [0.1, 0.15) is 11.3 Å². The zero-order valence-electron chi connectivity index (χ0n) is 9.22. The fraction of sp³-hybridized carbons (Fsp3) is 0.182. The maximum atomic E-state index is 11.4. The Hall–Kier alpha value is -1.95. The fourth-order valence-electron chi connectivity index (χ4n) is 1.46. The molecule has 88 valence electrons. The van der Waals surface area contributed by atoms with Crippen LogP contribution in [0.5, 0.6) is 5.75 Å². The van der Waals surface area contributed by atoms with Crippen LogP contribution in [-0.2, 0) is 4.74 Å². The van der Waals surface area contributed by atoms with Crippen molar-refractivity contribution < 1.29 is 19.1 Å². The molecule has 0 atom stereocenters. The minimum Gasteiger partial charge on any atom is -0.494 e. The van der Waals surface area contributed by atoms with Gasteiger partial charge in [-0.2, -0.15) is 0 Å². The third-order valence-electron chi connectivity index (χ3n) is 2.22. The van der Waals surface area contributed by atoms with Crippen molar-refractivity contribution in [2.45, 2.75) is 0 Å². The highest BCUT2D eigenvalue weighted by molar-refractivity contribution is 7.20. The Balaban J connectivity index is 2.67. The van der Waals surface area contributed by atoms with E-state index in [9.17, 15) is 9.59 Å². The standard InChI is InChI=1S/C11H9NO4S/c1-15-7-3-6(11(14)16-2)4-8-10(7)12-9(5-13)17-8/h3-5H,1-2H3. The second kappa shape index (κ2) is 4.50. The summed E-state index contributed by atoms with van der Waals surface area (Å²) in [5.74, 6) is -0.00139. The first-order chi connectivity index (χ1) is 8.19. The van der Waals surface area contributed by atoms with E-state index < -0.39 is 5.97 Å². The number of nitrogens with zero attached hydrogens (tertiary/aromatic N) is 1. The van der Waals surface area contributed by atoms with Gasteiger partial charge in [-0.3, -0.25) is 4.79 Å². The van der Waals surface area contributed by atoms with Gasteiger partial charge in [0.25, 0.3) is 0 Å². The summed E-state index contributed by atoms with van der Waals surface area (Å²) in [6, 6.07) is 3.18. The molecule has 0 unspecified atom stereocenters. The monoisotopic (exact) mass is 251 g/mol. The van der Waals surface area contributed by atoms with Crippen molar-refractivity contribution >= 4 is 33.8 Å². The number of benzene rings is 1. The van der Waals surface area contributed by atoms with Gasteiger partial charge in [0.05, 0.1) is 24.5 Å². The molecular formula is C11H9NO4S. The predicted molar refractivity (Wildman–Crippen MR) is 62.9 cm³/mol. The Labute approximate surface area is 101 Å². The lowest BCUT2D eigenvalue weighted by Crippen LogP contribution is -2.01. The largest absolute Gasteiger partial charge is 0.494 e. The zero-order chi connectivity index (χ0) is 12.4. The number of rotatable bonds is 3. The Morgan fingerprint density at radius 2 is 2.18 bits per heavy atom. The van der Waals surface area contributed by atoms with Crippen LogP contribution in [0.25, 0.3) is 10.2 Å². The smallest absolute Gasteiger partial charge is 0.338 e. The Morgan fingerprint density at radius 3 is 2.76 bits per heavy atom. The molecule has 0 saturated carbocycles. The Morgan fingerprint density at radius 1 is 1.41 bits per heavy atom. The maximum absolute atomic E-state index is 11.4. The second-order valence-electron chi connectivity index (χ2n) is 3.19. The molecule has 0 spiro atoms. The van der Waals surface area contributed by atoms with Crippen LogP contribution in [0.1, 0.15) is 20.2 Å². The number of esters is 1. The third-order valence-corrected chi connectivity index (χ3v) is 3.15. The van der Waals surface area contributed by atoms with E-state index in [1.54, 1.807) is 12.1 Å². The topological polar surface area (TPSA) is 65.5 Å². The van der Waals surface area contributed by atoms with E-state index in [2.05, 4.69) is 9.72 Å². The van der Waals surface area contributed by atoms with Crippen LogP contribution in [-0.4, -0.2) is 31.5 Å². The summed E-state index contributed by atoms with van der Waals surface area (Å²) in [5, 5.41) is 0.348. The van der Waals surface area contributed by atoms with Crippen molar-refractivity contribution in [2.75, 3.05) is 14.2 Å². The highest BCUT2D eigenvalue weighted by atomic mass is 32.1. The van der Waals surface area contributed by atoms with Gasteiger partial charge in [-0.25, -0.2) is 9.78 Å². The van der Waals surface area contributed by atoms with Gasteiger partial charge in [-0.1, -0.05) is 0 Å². The summed E-state index contributed by atoms with van der Waals surface area (Å²) in [6.07, 6.45) is 0.669. The van der Waals surface area contributed by atoms with Crippen molar-refractivity contribution in [3.8, 4) is 5.75 Å². The molecule has 0 aliphatic heterocycles. The van der Waals surface area contributed by atoms with Crippen molar-refractivity contribution in [3.63, 3.8) is 0 Å². The zero-order valence-corrected chi connectivity index (χ0v) is 10.0. The maximum Gasteiger partial charge on any atom is 0.338 e. The van der Waals surface area contributed by atoms with Crippen LogP contribution in [0.2, 0.25) is 0 Å². The third kappa shape index (κ3) is 1.99. The first kappa shape index (κ1) is 11.5. The van der Waals surface area contributed by atoms with E-state index in [1.165, 1.54) is 25.6 Å². The lowest BCUT2D eigenvalue weighted by Gasteiger charge is -2.03.